The minimum atomic E-state index is -0.136. The fourth-order valence-corrected chi connectivity index (χ4v) is 2.34. The number of nitrogens with zero attached hydrogens (tertiary/aromatic N) is 5. The zero-order valence-electron chi connectivity index (χ0n) is 9.31. The highest BCUT2D eigenvalue weighted by atomic mass is 32.2. The first-order valence-corrected chi connectivity index (χ1v) is 6.85. The number of thiazole rings is 1. The number of carbonyl (C=O) groups is 1. The lowest BCUT2D eigenvalue weighted by Gasteiger charge is -2.01. The molecular weight excluding hydrogens is 272 g/mol. The van der Waals surface area contributed by atoms with Gasteiger partial charge in [-0.25, -0.2) is 9.67 Å². The highest BCUT2D eigenvalue weighted by Crippen LogP contribution is 2.15. The Hall–Kier alpha value is -1.74. The fraction of sp³-hybridized carbons (Fsp3) is 0.222. The van der Waals surface area contributed by atoms with Crippen LogP contribution < -0.4 is 5.32 Å². The molecule has 0 fully saturated rings. The second-order valence-electron chi connectivity index (χ2n) is 3.11. The first-order valence-electron chi connectivity index (χ1n) is 4.99. The first kappa shape index (κ1) is 12.7. The van der Waals surface area contributed by atoms with Crippen molar-refractivity contribution >= 4 is 34.1 Å². The third-order valence-corrected chi connectivity index (χ3v) is 3.46. The van der Waals surface area contributed by atoms with Crippen LogP contribution in [0.4, 0.5) is 5.13 Å². The molecule has 1 N–H and O–H groups in total. The molecule has 0 saturated heterocycles. The van der Waals surface area contributed by atoms with Crippen LogP contribution in [0.15, 0.2) is 29.4 Å². The van der Waals surface area contributed by atoms with E-state index in [1.165, 1.54) is 23.1 Å². The van der Waals surface area contributed by atoms with Crippen molar-refractivity contribution in [2.45, 2.75) is 11.7 Å². The number of anilines is 1. The maximum absolute atomic E-state index is 11.6. The van der Waals surface area contributed by atoms with Crippen molar-refractivity contribution in [3.05, 3.63) is 24.2 Å². The summed E-state index contributed by atoms with van der Waals surface area (Å²) in [6.45, 7) is 4.13. The first-order chi connectivity index (χ1) is 8.79. The van der Waals surface area contributed by atoms with Gasteiger partial charge in [0.2, 0.25) is 11.1 Å². The van der Waals surface area contributed by atoms with Gasteiger partial charge in [0.1, 0.15) is 0 Å². The van der Waals surface area contributed by atoms with Crippen LogP contribution in [0.2, 0.25) is 0 Å². The lowest BCUT2D eigenvalue weighted by molar-refractivity contribution is -0.113. The summed E-state index contributed by atoms with van der Waals surface area (Å²) in [6, 6.07) is 0. The van der Waals surface area contributed by atoms with Crippen LogP contribution in [0.25, 0.3) is 0 Å². The molecule has 2 heterocycles. The van der Waals surface area contributed by atoms with Crippen LogP contribution in [-0.2, 0) is 11.3 Å². The molecule has 0 aliphatic carbocycles. The molecule has 1 amide bonds. The quantitative estimate of drug-likeness (QED) is 0.629. The van der Waals surface area contributed by atoms with Crippen LogP contribution in [0.5, 0.6) is 0 Å². The average Bonchev–Trinajstić information content (AvgIpc) is 2.99. The van der Waals surface area contributed by atoms with Crippen molar-refractivity contribution in [2.75, 3.05) is 11.1 Å². The third-order valence-electron chi connectivity index (χ3n) is 1.81. The summed E-state index contributed by atoms with van der Waals surface area (Å²) >= 11 is 2.64. The average molecular weight is 282 g/mol. The molecule has 0 bridgehead atoms. The van der Waals surface area contributed by atoms with Gasteiger partial charge in [-0.1, -0.05) is 17.8 Å². The molecule has 2 aromatic rings. The molecule has 2 rings (SSSR count). The van der Waals surface area contributed by atoms with E-state index in [0.29, 0.717) is 16.8 Å². The topological polar surface area (TPSA) is 85.6 Å². The summed E-state index contributed by atoms with van der Waals surface area (Å²) in [4.78, 5) is 15.6. The Morgan fingerprint density at radius 2 is 2.56 bits per heavy atom. The van der Waals surface area contributed by atoms with Gasteiger partial charge in [0.05, 0.1) is 12.3 Å². The molecule has 7 nitrogen and oxygen atoms in total. The van der Waals surface area contributed by atoms with Gasteiger partial charge in [0.25, 0.3) is 0 Å². The predicted molar refractivity (Wildman–Crippen MR) is 69.5 cm³/mol. The van der Waals surface area contributed by atoms with Crippen LogP contribution in [0.3, 0.4) is 0 Å². The van der Waals surface area contributed by atoms with E-state index in [0.717, 1.165) is 0 Å². The molecule has 0 saturated carbocycles. The third kappa shape index (κ3) is 3.37. The minimum absolute atomic E-state index is 0.136. The van der Waals surface area contributed by atoms with E-state index in [9.17, 15) is 4.79 Å². The fourth-order valence-electron chi connectivity index (χ4n) is 1.11. The van der Waals surface area contributed by atoms with E-state index < -0.39 is 0 Å². The molecule has 9 heteroatoms. The van der Waals surface area contributed by atoms with Gasteiger partial charge in [-0.15, -0.1) is 23.0 Å². The lowest BCUT2D eigenvalue weighted by atomic mass is 10.6. The number of hydrogen-bond acceptors (Lipinski definition) is 7. The second-order valence-corrected chi connectivity index (χ2v) is 4.94. The monoisotopic (exact) mass is 282 g/mol. The minimum Gasteiger partial charge on any atom is -0.301 e. The number of amides is 1. The van der Waals surface area contributed by atoms with Crippen molar-refractivity contribution in [3.63, 3.8) is 0 Å². The zero-order chi connectivity index (χ0) is 12.8. The molecule has 0 aliphatic heterocycles. The molecule has 0 unspecified atom stereocenters. The number of aromatic nitrogens is 5. The zero-order valence-corrected chi connectivity index (χ0v) is 10.9. The SMILES string of the molecule is C=CCn1nnnc1SCC(=O)Nc1nccs1. The predicted octanol–water partition coefficient (Wildman–Crippen LogP) is 1.05. The summed E-state index contributed by atoms with van der Waals surface area (Å²) < 4.78 is 1.58. The number of allylic oxidation sites excluding steroid dienone is 1. The number of nitrogens with one attached hydrogen (secondary N) is 1. The highest BCUT2D eigenvalue weighted by Gasteiger charge is 2.09. The molecule has 94 valence electrons. The van der Waals surface area contributed by atoms with Crippen molar-refractivity contribution in [3.8, 4) is 0 Å². The second kappa shape index (κ2) is 6.26. The van der Waals surface area contributed by atoms with E-state index >= 15 is 0 Å². The van der Waals surface area contributed by atoms with E-state index in [1.807, 2.05) is 0 Å². The maximum atomic E-state index is 11.6. The summed E-state index contributed by atoms with van der Waals surface area (Å²) in [7, 11) is 0. The summed E-state index contributed by atoms with van der Waals surface area (Å²) in [5.41, 5.74) is 0. The molecule has 0 radical (unpaired) electrons. The normalized spacial score (nSPS) is 10.2. The van der Waals surface area contributed by atoms with E-state index in [2.05, 4.69) is 32.4 Å². The molecule has 0 aliphatic rings. The van der Waals surface area contributed by atoms with Crippen molar-refractivity contribution in [1.82, 2.24) is 25.2 Å². The van der Waals surface area contributed by atoms with Crippen molar-refractivity contribution in [1.29, 1.82) is 0 Å². The van der Waals surface area contributed by atoms with E-state index in [4.69, 9.17) is 0 Å². The molecule has 0 aromatic carbocycles. The maximum Gasteiger partial charge on any atom is 0.236 e. The Morgan fingerprint density at radius 3 is 3.28 bits per heavy atom. The number of carbonyl (C=O) groups excluding carboxylic acids is 1. The largest absolute Gasteiger partial charge is 0.301 e. The number of tetrazole rings is 1. The van der Waals surface area contributed by atoms with Gasteiger partial charge < -0.3 is 5.32 Å². The number of thioether (sulfide) groups is 1. The van der Waals surface area contributed by atoms with Gasteiger partial charge in [-0.2, -0.15) is 0 Å². The van der Waals surface area contributed by atoms with Crippen LogP contribution in [0, 0.1) is 0 Å². The van der Waals surface area contributed by atoms with Gasteiger partial charge in [-0.3, -0.25) is 4.79 Å². The Balaban J connectivity index is 1.85. The van der Waals surface area contributed by atoms with Gasteiger partial charge in [-0.05, 0) is 10.4 Å². The Labute approximate surface area is 111 Å². The summed E-state index contributed by atoms with van der Waals surface area (Å²) in [5.74, 6) is 0.0972. The van der Waals surface area contributed by atoms with Crippen LogP contribution in [0.1, 0.15) is 0 Å². The Bertz CT molecular complexity index is 523. The summed E-state index contributed by atoms with van der Waals surface area (Å²) in [5, 5.41) is 16.8. The van der Waals surface area contributed by atoms with Gasteiger partial charge in [0.15, 0.2) is 5.13 Å². The molecular formula is C9H10N6OS2. The van der Waals surface area contributed by atoms with Gasteiger partial charge in [0, 0.05) is 11.6 Å². The summed E-state index contributed by atoms with van der Waals surface area (Å²) in [6.07, 6.45) is 3.33. The van der Waals surface area contributed by atoms with Crippen LogP contribution in [-0.4, -0.2) is 36.9 Å². The van der Waals surface area contributed by atoms with Crippen LogP contribution >= 0.6 is 23.1 Å². The number of hydrogen-bond donors (Lipinski definition) is 1. The molecule has 0 spiro atoms. The Morgan fingerprint density at radius 1 is 1.67 bits per heavy atom. The Kier molecular flexibility index (Phi) is 4.42. The van der Waals surface area contributed by atoms with Crippen molar-refractivity contribution < 1.29 is 4.79 Å². The molecule has 2 aromatic heterocycles. The smallest absolute Gasteiger partial charge is 0.236 e. The highest BCUT2D eigenvalue weighted by molar-refractivity contribution is 7.99. The lowest BCUT2D eigenvalue weighted by Crippen LogP contribution is -2.14. The molecule has 0 atom stereocenters. The van der Waals surface area contributed by atoms with Crippen molar-refractivity contribution in [2.24, 2.45) is 0 Å². The number of rotatable bonds is 6. The molecule has 18 heavy (non-hydrogen) atoms. The van der Waals surface area contributed by atoms with E-state index in [1.54, 1.807) is 22.3 Å². The van der Waals surface area contributed by atoms with E-state index in [-0.39, 0.29) is 11.7 Å². The standard InChI is InChI=1S/C9H10N6OS2/c1-2-4-15-9(12-13-14-15)18-6-7(16)11-8-10-3-5-17-8/h2-3,5H,1,4,6H2,(H,10,11,16). The van der Waals surface area contributed by atoms with Gasteiger partial charge >= 0.3 is 0 Å².